The number of H-pyrrole nitrogens is 2. The van der Waals surface area contributed by atoms with E-state index in [2.05, 4.69) is 33.8 Å². The molecule has 2 aromatic heterocycles. The van der Waals surface area contributed by atoms with Crippen LogP contribution in [0.5, 0.6) is 0 Å². The second-order valence-corrected chi connectivity index (χ2v) is 5.11. The standard InChI is InChI=1S/2C9H10N2.H2S/c2*1-2-9-10-7-5-3-4-6-8(7)11-9;/h2*3-6H,2H2,1H3,(H,10,11);1H2. The number of para-hydroxylation sites is 4. The normalized spacial score (nSPS) is 10.2. The van der Waals surface area contributed by atoms with Crippen molar-refractivity contribution in [3.63, 3.8) is 0 Å². The average Bonchev–Trinajstić information content (AvgIpc) is 3.18. The lowest BCUT2D eigenvalue weighted by molar-refractivity contribution is 1.00. The molecule has 2 N–H and O–H groups in total. The third-order valence-electron chi connectivity index (χ3n) is 3.55. The van der Waals surface area contributed by atoms with E-state index in [4.69, 9.17) is 0 Å². The molecule has 4 nitrogen and oxygen atoms in total. The number of aromatic nitrogens is 4. The molecule has 5 heteroatoms. The maximum absolute atomic E-state index is 4.38. The van der Waals surface area contributed by atoms with Crippen molar-refractivity contribution >= 4 is 35.6 Å². The molecular formula is C18H22N4S. The summed E-state index contributed by atoms with van der Waals surface area (Å²) in [5, 5.41) is 0. The van der Waals surface area contributed by atoms with Gasteiger partial charge in [-0.15, -0.1) is 0 Å². The Bertz CT molecular complexity index is 739. The Kier molecular flexibility index (Phi) is 5.82. The second kappa shape index (κ2) is 7.83. The summed E-state index contributed by atoms with van der Waals surface area (Å²) in [5.41, 5.74) is 4.38. The van der Waals surface area contributed by atoms with Crippen molar-refractivity contribution in [2.75, 3.05) is 0 Å². The Hall–Kier alpha value is -2.27. The van der Waals surface area contributed by atoms with Crippen molar-refractivity contribution < 1.29 is 0 Å². The molecule has 0 radical (unpaired) electrons. The number of aromatic amines is 2. The highest BCUT2D eigenvalue weighted by atomic mass is 32.1. The predicted molar refractivity (Wildman–Crippen MR) is 101 cm³/mol. The molecule has 0 spiro atoms. The molecule has 0 atom stereocenters. The Balaban J connectivity index is 0.000000160. The summed E-state index contributed by atoms with van der Waals surface area (Å²) in [6.45, 7) is 4.19. The fourth-order valence-corrected chi connectivity index (χ4v) is 2.35. The van der Waals surface area contributed by atoms with E-state index in [1.807, 2.05) is 48.5 Å². The fourth-order valence-electron chi connectivity index (χ4n) is 2.35. The number of benzene rings is 2. The summed E-state index contributed by atoms with van der Waals surface area (Å²) in [5.74, 6) is 2.12. The molecule has 0 amide bonds. The van der Waals surface area contributed by atoms with Crippen LogP contribution in [0, 0.1) is 0 Å². The second-order valence-electron chi connectivity index (χ2n) is 5.11. The highest BCUT2D eigenvalue weighted by Crippen LogP contribution is 2.10. The Morgan fingerprint density at radius 1 is 0.696 bits per heavy atom. The SMILES string of the molecule is CCc1nc2ccccc2[nH]1.CCc1nc2ccccc2[nH]1.S. The predicted octanol–water partition coefficient (Wildman–Crippen LogP) is 4.36. The van der Waals surface area contributed by atoms with Crippen molar-refractivity contribution in [3.8, 4) is 0 Å². The van der Waals surface area contributed by atoms with Crippen LogP contribution in [-0.4, -0.2) is 19.9 Å². The minimum Gasteiger partial charge on any atom is -0.342 e. The highest BCUT2D eigenvalue weighted by Gasteiger charge is 1.98. The van der Waals surface area contributed by atoms with E-state index < -0.39 is 0 Å². The largest absolute Gasteiger partial charge is 0.342 e. The Morgan fingerprint density at radius 3 is 1.43 bits per heavy atom. The molecule has 4 rings (SSSR count). The molecule has 0 aliphatic carbocycles. The van der Waals surface area contributed by atoms with Crippen LogP contribution in [0.15, 0.2) is 48.5 Å². The summed E-state index contributed by atoms with van der Waals surface area (Å²) < 4.78 is 0. The molecule has 2 heterocycles. The molecule has 0 fully saturated rings. The van der Waals surface area contributed by atoms with Crippen LogP contribution in [0.4, 0.5) is 0 Å². The van der Waals surface area contributed by atoms with Gasteiger partial charge in [0.25, 0.3) is 0 Å². The summed E-state index contributed by atoms with van der Waals surface area (Å²) in [4.78, 5) is 15.2. The highest BCUT2D eigenvalue weighted by molar-refractivity contribution is 7.59. The molecule has 120 valence electrons. The molecule has 0 bridgehead atoms. The van der Waals surface area contributed by atoms with E-state index in [1.54, 1.807) is 0 Å². The van der Waals surface area contributed by atoms with Gasteiger partial charge < -0.3 is 9.97 Å². The molecule has 0 saturated heterocycles. The monoisotopic (exact) mass is 326 g/mol. The smallest absolute Gasteiger partial charge is 0.106 e. The van der Waals surface area contributed by atoms with Crippen LogP contribution in [0.3, 0.4) is 0 Å². The zero-order chi connectivity index (χ0) is 15.4. The van der Waals surface area contributed by atoms with Crippen LogP contribution >= 0.6 is 13.5 Å². The van der Waals surface area contributed by atoms with Crippen LogP contribution in [0.2, 0.25) is 0 Å². The quantitative estimate of drug-likeness (QED) is 0.575. The maximum atomic E-state index is 4.38. The summed E-state index contributed by atoms with van der Waals surface area (Å²) in [7, 11) is 0. The van der Waals surface area contributed by atoms with Crippen molar-refractivity contribution in [2.45, 2.75) is 26.7 Å². The van der Waals surface area contributed by atoms with Gasteiger partial charge in [-0.25, -0.2) is 9.97 Å². The van der Waals surface area contributed by atoms with Gasteiger partial charge in [-0.05, 0) is 24.3 Å². The first-order chi connectivity index (χ1) is 10.8. The number of fused-ring (bicyclic) bond motifs is 2. The van der Waals surface area contributed by atoms with E-state index >= 15 is 0 Å². The summed E-state index contributed by atoms with van der Waals surface area (Å²) in [6.07, 6.45) is 1.93. The van der Waals surface area contributed by atoms with Gasteiger partial charge in [0.2, 0.25) is 0 Å². The van der Waals surface area contributed by atoms with Gasteiger partial charge >= 0.3 is 0 Å². The van der Waals surface area contributed by atoms with E-state index in [0.717, 1.165) is 46.6 Å². The van der Waals surface area contributed by atoms with Crippen molar-refractivity contribution in [1.29, 1.82) is 0 Å². The number of imidazole rings is 2. The molecule has 0 saturated carbocycles. The van der Waals surface area contributed by atoms with Crippen molar-refractivity contribution in [3.05, 3.63) is 60.2 Å². The maximum Gasteiger partial charge on any atom is 0.106 e. The number of nitrogens with one attached hydrogen (secondary N) is 2. The number of hydrogen-bond donors (Lipinski definition) is 2. The zero-order valence-corrected chi connectivity index (χ0v) is 14.4. The molecule has 0 aliphatic heterocycles. The Labute approximate surface area is 142 Å². The first-order valence-electron chi connectivity index (χ1n) is 7.67. The summed E-state index contributed by atoms with van der Waals surface area (Å²) >= 11 is 0. The van der Waals surface area contributed by atoms with Gasteiger partial charge in [0.1, 0.15) is 11.6 Å². The summed E-state index contributed by atoms with van der Waals surface area (Å²) in [6, 6.07) is 16.2. The Morgan fingerprint density at radius 2 is 1.09 bits per heavy atom. The third kappa shape index (κ3) is 3.93. The van der Waals surface area contributed by atoms with Gasteiger partial charge in [0.05, 0.1) is 22.1 Å². The van der Waals surface area contributed by atoms with Crippen LogP contribution in [0.1, 0.15) is 25.5 Å². The van der Waals surface area contributed by atoms with Gasteiger partial charge in [0, 0.05) is 12.8 Å². The van der Waals surface area contributed by atoms with Crippen LogP contribution in [0.25, 0.3) is 22.1 Å². The first kappa shape index (κ1) is 17.1. The van der Waals surface area contributed by atoms with E-state index in [0.29, 0.717) is 0 Å². The van der Waals surface area contributed by atoms with E-state index in [-0.39, 0.29) is 13.5 Å². The topological polar surface area (TPSA) is 57.4 Å². The molecule has 23 heavy (non-hydrogen) atoms. The van der Waals surface area contributed by atoms with Crippen LogP contribution < -0.4 is 0 Å². The van der Waals surface area contributed by atoms with Gasteiger partial charge in [-0.3, -0.25) is 0 Å². The molecule has 0 aliphatic rings. The zero-order valence-electron chi connectivity index (χ0n) is 13.4. The molecule has 2 aromatic carbocycles. The minimum absolute atomic E-state index is 0. The lowest BCUT2D eigenvalue weighted by atomic mass is 10.3. The number of rotatable bonds is 2. The van der Waals surface area contributed by atoms with E-state index in [9.17, 15) is 0 Å². The number of nitrogens with zero attached hydrogens (tertiary/aromatic N) is 2. The lowest BCUT2D eigenvalue weighted by Crippen LogP contribution is -1.79. The minimum atomic E-state index is 0. The van der Waals surface area contributed by atoms with Gasteiger partial charge in [-0.1, -0.05) is 38.1 Å². The fraction of sp³-hybridized carbons (Fsp3) is 0.222. The molecular weight excluding hydrogens is 304 g/mol. The van der Waals surface area contributed by atoms with Gasteiger partial charge in [-0.2, -0.15) is 13.5 Å². The lowest BCUT2D eigenvalue weighted by Gasteiger charge is -1.82. The third-order valence-corrected chi connectivity index (χ3v) is 3.55. The van der Waals surface area contributed by atoms with E-state index in [1.165, 1.54) is 0 Å². The number of hydrogen-bond acceptors (Lipinski definition) is 2. The van der Waals surface area contributed by atoms with Gasteiger partial charge in [0.15, 0.2) is 0 Å². The van der Waals surface area contributed by atoms with Crippen molar-refractivity contribution in [2.24, 2.45) is 0 Å². The average molecular weight is 326 g/mol. The molecule has 0 unspecified atom stereocenters. The molecule has 4 aromatic rings. The van der Waals surface area contributed by atoms with Crippen LogP contribution in [-0.2, 0) is 12.8 Å². The number of aryl methyl sites for hydroxylation is 2. The van der Waals surface area contributed by atoms with Crippen molar-refractivity contribution in [1.82, 2.24) is 19.9 Å². The first-order valence-corrected chi connectivity index (χ1v) is 7.67.